The van der Waals surface area contributed by atoms with Crippen molar-refractivity contribution < 1.29 is 24.5 Å². The van der Waals surface area contributed by atoms with E-state index in [1.165, 1.54) is 11.3 Å². The minimum Gasteiger partial charge on any atom is -0.392 e. The van der Waals surface area contributed by atoms with Gasteiger partial charge in [-0.2, -0.15) is 0 Å². The van der Waals surface area contributed by atoms with E-state index in [-0.39, 0.29) is 29.8 Å². The summed E-state index contributed by atoms with van der Waals surface area (Å²) in [7, 11) is 0. The monoisotopic (exact) mass is 526 g/mol. The lowest BCUT2D eigenvalue weighted by atomic mass is 9.72. The summed E-state index contributed by atoms with van der Waals surface area (Å²) in [6, 6.07) is -0.503. The summed E-state index contributed by atoms with van der Waals surface area (Å²) in [6.07, 6.45) is 2.32. The number of aliphatic hydroxyl groups is 2. The van der Waals surface area contributed by atoms with E-state index in [0.29, 0.717) is 11.5 Å². The van der Waals surface area contributed by atoms with Gasteiger partial charge in [0, 0.05) is 22.8 Å². The van der Waals surface area contributed by atoms with E-state index < -0.39 is 35.5 Å². The molecule has 0 radical (unpaired) electrons. The molecule has 2 aliphatic rings. The Kier molecular flexibility index (Phi) is 8.86. The van der Waals surface area contributed by atoms with Crippen molar-refractivity contribution >= 4 is 40.7 Å². The molecule has 3 rings (SSSR count). The standard InChI is InChI=1S/C26H39ClN2O5S/c1-14-8-7-9-26(6)21(34-26)11-19(18(27)10-17-13-35-16(3)28-17)29-22(31)12-20(30)25(4,5)24(33)15(2)23(14)32/h10,13-15,19-21,23,30,32H,7-9,11-12H2,1-6H3,(H,29,31). The zero-order valence-corrected chi connectivity index (χ0v) is 23.1. The number of carbonyl (C=O) groups is 2. The van der Waals surface area contributed by atoms with Crippen LogP contribution in [0, 0.1) is 24.2 Å². The molecule has 196 valence electrons. The van der Waals surface area contributed by atoms with Crippen molar-refractivity contribution in [2.24, 2.45) is 17.3 Å². The molecule has 0 spiro atoms. The maximum absolute atomic E-state index is 13.2. The third-order valence-corrected chi connectivity index (χ3v) is 8.93. The van der Waals surface area contributed by atoms with Gasteiger partial charge in [0.25, 0.3) is 0 Å². The van der Waals surface area contributed by atoms with E-state index in [1.54, 1.807) is 26.8 Å². The molecule has 1 aromatic heterocycles. The highest BCUT2D eigenvalue weighted by atomic mass is 35.5. The fourth-order valence-electron chi connectivity index (χ4n) is 4.98. The van der Waals surface area contributed by atoms with Crippen LogP contribution in [0.1, 0.15) is 77.4 Å². The summed E-state index contributed by atoms with van der Waals surface area (Å²) < 4.78 is 6.04. The Morgan fingerprint density at radius 3 is 2.60 bits per heavy atom. The molecule has 2 fully saturated rings. The lowest BCUT2D eigenvalue weighted by molar-refractivity contribution is -0.143. The third kappa shape index (κ3) is 6.72. The Morgan fingerprint density at radius 2 is 1.97 bits per heavy atom. The molecule has 7 atom stereocenters. The molecular formula is C26H39ClN2O5S. The molecule has 0 aliphatic carbocycles. The summed E-state index contributed by atoms with van der Waals surface area (Å²) in [4.78, 5) is 30.6. The number of aromatic nitrogens is 1. The second-order valence-electron chi connectivity index (χ2n) is 11.1. The quantitative estimate of drug-likeness (QED) is 0.497. The van der Waals surface area contributed by atoms with Crippen molar-refractivity contribution in [2.45, 2.75) is 104 Å². The summed E-state index contributed by atoms with van der Waals surface area (Å²) in [5, 5.41) is 27.9. The number of nitrogens with zero attached hydrogens (tertiary/aromatic N) is 1. The van der Waals surface area contributed by atoms with Crippen LogP contribution in [0.4, 0.5) is 0 Å². The van der Waals surface area contributed by atoms with Crippen LogP contribution in [0.15, 0.2) is 10.4 Å². The number of Topliss-reactive ketones (excluding diaryl/α,β-unsaturated/α-hetero) is 1. The summed E-state index contributed by atoms with van der Waals surface area (Å²) >= 11 is 8.20. The molecule has 0 aromatic carbocycles. The number of rotatable bonds is 2. The molecule has 0 bridgehead atoms. The van der Waals surface area contributed by atoms with Gasteiger partial charge < -0.3 is 20.3 Å². The Balaban J connectivity index is 1.85. The van der Waals surface area contributed by atoms with Gasteiger partial charge in [-0.05, 0) is 38.7 Å². The first-order valence-corrected chi connectivity index (χ1v) is 13.7. The molecule has 1 amide bonds. The van der Waals surface area contributed by atoms with Crippen LogP contribution < -0.4 is 5.32 Å². The van der Waals surface area contributed by atoms with E-state index in [4.69, 9.17) is 16.3 Å². The van der Waals surface area contributed by atoms with Crippen LogP contribution in [0.25, 0.3) is 6.08 Å². The number of ether oxygens (including phenoxy) is 1. The van der Waals surface area contributed by atoms with Gasteiger partial charge in [-0.25, -0.2) is 4.98 Å². The number of aryl methyl sites for hydroxylation is 1. The normalized spacial score (nSPS) is 37.5. The lowest BCUT2D eigenvalue weighted by Crippen LogP contribution is -2.47. The van der Waals surface area contributed by atoms with E-state index in [9.17, 15) is 19.8 Å². The number of amides is 1. The maximum Gasteiger partial charge on any atom is 0.223 e. The number of carbonyl (C=O) groups excluding carboxylic acids is 2. The average molecular weight is 527 g/mol. The Morgan fingerprint density at radius 1 is 1.29 bits per heavy atom. The van der Waals surface area contributed by atoms with Crippen molar-refractivity contribution in [3.8, 4) is 0 Å². The number of epoxide rings is 1. The topological polar surface area (TPSA) is 112 Å². The van der Waals surface area contributed by atoms with Gasteiger partial charge in [0.1, 0.15) is 5.78 Å². The number of thiazole rings is 1. The van der Waals surface area contributed by atoms with Crippen molar-refractivity contribution in [1.29, 1.82) is 0 Å². The Bertz CT molecular complexity index is 963. The molecule has 2 saturated heterocycles. The largest absolute Gasteiger partial charge is 0.392 e. The van der Waals surface area contributed by atoms with Crippen LogP contribution >= 0.6 is 22.9 Å². The molecular weight excluding hydrogens is 488 g/mol. The van der Waals surface area contributed by atoms with E-state index in [1.807, 2.05) is 19.2 Å². The number of hydrogen-bond donors (Lipinski definition) is 3. The third-order valence-electron chi connectivity index (χ3n) is 7.76. The smallest absolute Gasteiger partial charge is 0.223 e. The first kappa shape index (κ1) is 28.3. The Labute approximate surface area is 217 Å². The fraction of sp³-hybridized carbons (Fsp3) is 0.731. The minimum atomic E-state index is -1.21. The molecule has 3 heterocycles. The molecule has 9 heteroatoms. The van der Waals surface area contributed by atoms with Crippen molar-refractivity contribution in [3.05, 3.63) is 21.1 Å². The van der Waals surface area contributed by atoms with Crippen molar-refractivity contribution in [2.75, 3.05) is 0 Å². The molecule has 3 N–H and O–H groups in total. The van der Waals surface area contributed by atoms with Crippen LogP contribution in [0.3, 0.4) is 0 Å². The predicted octanol–water partition coefficient (Wildman–Crippen LogP) is 4.23. The summed E-state index contributed by atoms with van der Waals surface area (Å²) in [6.45, 7) is 10.9. The zero-order valence-electron chi connectivity index (χ0n) is 21.5. The molecule has 1 aromatic rings. The first-order chi connectivity index (χ1) is 16.2. The second kappa shape index (κ2) is 11.0. The molecule has 7 unspecified atom stereocenters. The van der Waals surface area contributed by atoms with Crippen molar-refractivity contribution in [1.82, 2.24) is 10.3 Å². The van der Waals surface area contributed by atoms with Crippen LogP contribution in [0.5, 0.6) is 0 Å². The maximum atomic E-state index is 13.2. The molecule has 0 saturated carbocycles. The van der Waals surface area contributed by atoms with Crippen LogP contribution in [-0.4, -0.2) is 56.8 Å². The number of ketones is 1. The highest BCUT2D eigenvalue weighted by molar-refractivity contribution is 7.09. The average Bonchev–Trinajstić information content (AvgIpc) is 3.22. The van der Waals surface area contributed by atoms with Gasteiger partial charge in [-0.15, -0.1) is 11.3 Å². The van der Waals surface area contributed by atoms with Crippen LogP contribution in [0.2, 0.25) is 0 Å². The van der Waals surface area contributed by atoms with Crippen molar-refractivity contribution in [3.63, 3.8) is 0 Å². The van der Waals surface area contributed by atoms with E-state index in [0.717, 1.165) is 30.0 Å². The van der Waals surface area contributed by atoms with Gasteiger partial charge in [-0.1, -0.05) is 45.7 Å². The fourth-order valence-corrected chi connectivity index (χ4v) is 5.81. The van der Waals surface area contributed by atoms with Gasteiger partial charge in [0.05, 0.1) is 52.5 Å². The Hall–Kier alpha value is -1.32. The first-order valence-electron chi connectivity index (χ1n) is 12.4. The van der Waals surface area contributed by atoms with E-state index >= 15 is 0 Å². The minimum absolute atomic E-state index is 0.0675. The summed E-state index contributed by atoms with van der Waals surface area (Å²) in [5.74, 6) is -1.39. The number of fused-ring (bicyclic) bond motifs is 1. The molecule has 7 nitrogen and oxygen atoms in total. The van der Waals surface area contributed by atoms with Gasteiger partial charge >= 0.3 is 0 Å². The number of halogens is 1. The highest BCUT2D eigenvalue weighted by Gasteiger charge is 2.52. The van der Waals surface area contributed by atoms with E-state index in [2.05, 4.69) is 17.2 Å². The second-order valence-corrected chi connectivity index (χ2v) is 12.5. The highest BCUT2D eigenvalue weighted by Crippen LogP contribution is 2.44. The van der Waals surface area contributed by atoms with Crippen LogP contribution in [-0.2, 0) is 14.3 Å². The van der Waals surface area contributed by atoms with Gasteiger partial charge in [0.15, 0.2) is 0 Å². The molecule has 2 aliphatic heterocycles. The molecule has 35 heavy (non-hydrogen) atoms. The van der Waals surface area contributed by atoms with Gasteiger partial charge in [0.2, 0.25) is 5.91 Å². The predicted molar refractivity (Wildman–Crippen MR) is 138 cm³/mol. The number of nitrogens with one attached hydrogen (secondary N) is 1. The summed E-state index contributed by atoms with van der Waals surface area (Å²) in [5.41, 5.74) is -0.784. The van der Waals surface area contributed by atoms with Gasteiger partial charge in [-0.3, -0.25) is 9.59 Å². The number of hydrogen-bond acceptors (Lipinski definition) is 7. The zero-order chi connectivity index (χ0) is 26.1. The number of aliphatic hydroxyl groups excluding tert-OH is 2. The lowest BCUT2D eigenvalue weighted by Gasteiger charge is -2.34. The SMILES string of the molecule is Cc1nc(C=C(Cl)C2CC3OC3(C)CCCC(C)C(O)C(C)C(=O)C(C)(C)C(O)CC(=O)N2)cs1.